The van der Waals surface area contributed by atoms with E-state index in [0.29, 0.717) is 6.10 Å². The van der Waals surface area contributed by atoms with Gasteiger partial charge in [-0.25, -0.2) is 0 Å². The zero-order valence-corrected chi connectivity index (χ0v) is 12.9. The maximum absolute atomic E-state index is 5.95. The van der Waals surface area contributed by atoms with E-state index in [1.165, 1.54) is 32.5 Å². The number of ether oxygens (including phenoxy) is 1. The van der Waals surface area contributed by atoms with Gasteiger partial charge in [0.2, 0.25) is 0 Å². The maximum Gasteiger partial charge on any atom is 0.0829 e. The molecule has 0 aliphatic carbocycles. The molecule has 0 aromatic rings. The van der Waals surface area contributed by atoms with Crippen LogP contribution in [0.5, 0.6) is 0 Å². The fourth-order valence-corrected chi connectivity index (χ4v) is 3.29. The molecule has 2 aliphatic rings. The number of hydrogen-bond donors (Lipinski definition) is 1. The highest BCUT2D eigenvalue weighted by Crippen LogP contribution is 2.14. The zero-order valence-electron chi connectivity index (χ0n) is 12.9. The zero-order chi connectivity index (χ0) is 13.7. The molecule has 4 heteroatoms. The average Bonchev–Trinajstić information content (AvgIpc) is 2.39. The smallest absolute Gasteiger partial charge is 0.0829 e. The van der Waals surface area contributed by atoms with Gasteiger partial charge < -0.3 is 15.0 Å². The van der Waals surface area contributed by atoms with Crippen LogP contribution < -0.4 is 5.32 Å². The van der Waals surface area contributed by atoms with Gasteiger partial charge in [0, 0.05) is 32.2 Å². The molecule has 0 radical (unpaired) electrons. The predicted octanol–water partition coefficient (Wildman–Crippen LogP) is 1.03. The largest absolute Gasteiger partial charge is 0.374 e. The standard InChI is InChI=1S/C15H31N3O/c1-13(2)10-18-8-9-19-15(12-18)11-17(3)14-4-6-16-7-5-14/h13-16H,4-12H2,1-3H3. The third kappa shape index (κ3) is 5.03. The lowest BCUT2D eigenvalue weighted by atomic mass is 10.0. The van der Waals surface area contributed by atoms with Crippen molar-refractivity contribution in [1.82, 2.24) is 15.1 Å². The van der Waals surface area contributed by atoms with E-state index in [0.717, 1.165) is 38.2 Å². The topological polar surface area (TPSA) is 27.7 Å². The molecule has 0 aromatic heterocycles. The van der Waals surface area contributed by atoms with Crippen molar-refractivity contribution in [1.29, 1.82) is 0 Å². The second-order valence-electron chi connectivity index (χ2n) is 6.57. The van der Waals surface area contributed by atoms with Gasteiger partial charge >= 0.3 is 0 Å². The number of morpholine rings is 1. The molecule has 0 bridgehead atoms. The van der Waals surface area contributed by atoms with Crippen molar-refractivity contribution in [2.45, 2.75) is 38.8 Å². The van der Waals surface area contributed by atoms with Gasteiger partial charge in [-0.15, -0.1) is 0 Å². The van der Waals surface area contributed by atoms with E-state index >= 15 is 0 Å². The Hall–Kier alpha value is -0.160. The van der Waals surface area contributed by atoms with Gasteiger partial charge in [-0.3, -0.25) is 4.90 Å². The number of nitrogens with one attached hydrogen (secondary N) is 1. The minimum Gasteiger partial charge on any atom is -0.374 e. The molecule has 2 fully saturated rings. The molecule has 1 unspecified atom stereocenters. The SMILES string of the molecule is CC(C)CN1CCOC(CN(C)C2CCNCC2)C1. The minimum absolute atomic E-state index is 0.396. The Morgan fingerprint density at radius 2 is 2.05 bits per heavy atom. The van der Waals surface area contributed by atoms with E-state index in [-0.39, 0.29) is 0 Å². The average molecular weight is 269 g/mol. The first-order valence-electron chi connectivity index (χ1n) is 7.90. The molecule has 0 aromatic carbocycles. The molecule has 0 spiro atoms. The fourth-order valence-electron chi connectivity index (χ4n) is 3.29. The van der Waals surface area contributed by atoms with Crippen LogP contribution in [0.25, 0.3) is 0 Å². The number of hydrogen-bond acceptors (Lipinski definition) is 4. The van der Waals surface area contributed by atoms with Crippen molar-refractivity contribution in [2.75, 3.05) is 52.9 Å². The lowest BCUT2D eigenvalue weighted by Gasteiger charge is -2.38. The Morgan fingerprint density at radius 3 is 2.74 bits per heavy atom. The first-order valence-corrected chi connectivity index (χ1v) is 7.90. The highest BCUT2D eigenvalue weighted by atomic mass is 16.5. The summed E-state index contributed by atoms with van der Waals surface area (Å²) in [6.45, 7) is 12.3. The Kier molecular flexibility index (Phi) is 6.07. The highest BCUT2D eigenvalue weighted by molar-refractivity contribution is 4.80. The molecule has 2 rings (SSSR count). The van der Waals surface area contributed by atoms with Crippen LogP contribution in [0.2, 0.25) is 0 Å². The molecule has 1 N–H and O–H groups in total. The molecular formula is C15H31N3O. The maximum atomic E-state index is 5.95. The summed E-state index contributed by atoms with van der Waals surface area (Å²) in [5.41, 5.74) is 0. The van der Waals surface area contributed by atoms with Crippen molar-refractivity contribution < 1.29 is 4.74 Å². The first-order chi connectivity index (χ1) is 9.15. The van der Waals surface area contributed by atoms with Crippen molar-refractivity contribution in [3.63, 3.8) is 0 Å². The summed E-state index contributed by atoms with van der Waals surface area (Å²) in [5.74, 6) is 0.751. The second kappa shape index (κ2) is 7.58. The highest BCUT2D eigenvalue weighted by Gasteiger charge is 2.25. The van der Waals surface area contributed by atoms with E-state index in [9.17, 15) is 0 Å². The predicted molar refractivity (Wildman–Crippen MR) is 79.5 cm³/mol. The summed E-state index contributed by atoms with van der Waals surface area (Å²) in [5, 5.41) is 3.44. The van der Waals surface area contributed by atoms with Crippen LogP contribution in [0.15, 0.2) is 0 Å². The monoisotopic (exact) mass is 269 g/mol. The molecule has 2 saturated heterocycles. The fraction of sp³-hybridized carbons (Fsp3) is 1.00. The quantitative estimate of drug-likeness (QED) is 0.807. The van der Waals surface area contributed by atoms with Crippen LogP contribution in [0, 0.1) is 5.92 Å². The van der Waals surface area contributed by atoms with Gasteiger partial charge in [0.1, 0.15) is 0 Å². The first kappa shape index (κ1) is 15.2. The third-order valence-corrected chi connectivity index (χ3v) is 4.27. The van der Waals surface area contributed by atoms with Crippen LogP contribution in [0.3, 0.4) is 0 Å². The molecule has 1 atom stereocenters. The van der Waals surface area contributed by atoms with Crippen molar-refractivity contribution >= 4 is 0 Å². The van der Waals surface area contributed by atoms with Crippen molar-refractivity contribution in [3.05, 3.63) is 0 Å². The molecule has 112 valence electrons. The summed E-state index contributed by atoms with van der Waals surface area (Å²) in [6, 6.07) is 0.741. The van der Waals surface area contributed by atoms with Gasteiger partial charge in [-0.05, 0) is 38.9 Å². The minimum atomic E-state index is 0.396. The lowest BCUT2D eigenvalue weighted by molar-refractivity contribution is -0.0487. The summed E-state index contributed by atoms with van der Waals surface area (Å²) >= 11 is 0. The van der Waals surface area contributed by atoms with E-state index in [1.54, 1.807) is 0 Å². The molecule has 19 heavy (non-hydrogen) atoms. The Morgan fingerprint density at radius 1 is 1.32 bits per heavy atom. The summed E-state index contributed by atoms with van der Waals surface area (Å²) in [6.07, 6.45) is 2.95. The molecule has 4 nitrogen and oxygen atoms in total. The normalized spacial score (nSPS) is 27.3. The van der Waals surface area contributed by atoms with E-state index in [1.807, 2.05) is 0 Å². The van der Waals surface area contributed by atoms with Crippen LogP contribution in [0.4, 0.5) is 0 Å². The van der Waals surface area contributed by atoms with E-state index in [2.05, 4.69) is 36.0 Å². The number of rotatable bonds is 5. The second-order valence-corrected chi connectivity index (χ2v) is 6.57. The summed E-state index contributed by atoms with van der Waals surface area (Å²) in [7, 11) is 2.26. The van der Waals surface area contributed by atoms with Crippen LogP contribution >= 0.6 is 0 Å². The summed E-state index contributed by atoms with van der Waals surface area (Å²) in [4.78, 5) is 5.08. The molecular weight excluding hydrogens is 238 g/mol. The number of piperidine rings is 1. The molecule has 0 saturated carbocycles. The van der Waals surface area contributed by atoms with Gasteiger partial charge in [0.15, 0.2) is 0 Å². The van der Waals surface area contributed by atoms with Gasteiger partial charge in [-0.2, -0.15) is 0 Å². The lowest BCUT2D eigenvalue weighted by Crippen LogP contribution is -2.50. The van der Waals surface area contributed by atoms with Crippen molar-refractivity contribution in [2.24, 2.45) is 5.92 Å². The number of nitrogens with zero attached hydrogens (tertiary/aromatic N) is 2. The Labute approximate surface area is 118 Å². The van der Waals surface area contributed by atoms with Gasteiger partial charge in [0.05, 0.1) is 12.7 Å². The van der Waals surface area contributed by atoms with Gasteiger partial charge in [-0.1, -0.05) is 13.8 Å². The Balaban J connectivity index is 1.74. The van der Waals surface area contributed by atoms with Crippen molar-refractivity contribution in [3.8, 4) is 0 Å². The number of likely N-dealkylation sites (N-methyl/N-ethyl adjacent to an activating group) is 1. The van der Waals surface area contributed by atoms with Crippen LogP contribution in [-0.2, 0) is 4.74 Å². The van der Waals surface area contributed by atoms with Crippen LogP contribution in [0.1, 0.15) is 26.7 Å². The van der Waals surface area contributed by atoms with E-state index < -0.39 is 0 Å². The Bertz CT molecular complexity index is 254. The molecule has 0 amide bonds. The molecule has 2 aliphatic heterocycles. The van der Waals surface area contributed by atoms with Crippen LogP contribution in [-0.4, -0.2) is 74.9 Å². The summed E-state index contributed by atoms with van der Waals surface area (Å²) < 4.78 is 5.95. The van der Waals surface area contributed by atoms with E-state index in [4.69, 9.17) is 4.74 Å². The third-order valence-electron chi connectivity index (χ3n) is 4.27. The van der Waals surface area contributed by atoms with Gasteiger partial charge in [0.25, 0.3) is 0 Å². The molecule has 2 heterocycles.